The normalized spacial score (nSPS) is 13.6. The van der Waals surface area contributed by atoms with Crippen molar-refractivity contribution >= 4 is 11.7 Å². The van der Waals surface area contributed by atoms with Gasteiger partial charge in [0.25, 0.3) is 0 Å². The van der Waals surface area contributed by atoms with Gasteiger partial charge in [-0.1, -0.05) is 38.1 Å². The zero-order chi connectivity index (χ0) is 15.0. The fourth-order valence-corrected chi connectivity index (χ4v) is 2.56. The smallest absolute Gasteiger partial charge is 0.356 e. The van der Waals surface area contributed by atoms with Crippen LogP contribution in [0.2, 0.25) is 0 Å². The Morgan fingerprint density at radius 2 is 1.86 bits per heavy atom. The molecule has 108 valence electrons. The van der Waals surface area contributed by atoms with Crippen LogP contribution in [0.3, 0.4) is 0 Å². The second kappa shape index (κ2) is 5.16. The molecular weight excluding hydrogens is 266 g/mol. The summed E-state index contributed by atoms with van der Waals surface area (Å²) in [6.45, 7) is 5.29. The van der Waals surface area contributed by atoms with E-state index >= 15 is 0 Å². The molecule has 0 atom stereocenters. The lowest BCUT2D eigenvalue weighted by Gasteiger charge is -2.19. The van der Waals surface area contributed by atoms with Gasteiger partial charge in [0.2, 0.25) is 0 Å². The third kappa shape index (κ3) is 2.46. The molecule has 0 radical (unpaired) electrons. The summed E-state index contributed by atoms with van der Waals surface area (Å²) in [5, 5.41) is 9.43. The first kappa shape index (κ1) is 13.5. The van der Waals surface area contributed by atoms with Crippen LogP contribution in [0.4, 0.5) is 5.69 Å². The van der Waals surface area contributed by atoms with Crippen LogP contribution in [0.5, 0.6) is 0 Å². The Morgan fingerprint density at radius 3 is 2.38 bits per heavy atom. The monoisotopic (exact) mass is 283 g/mol. The van der Waals surface area contributed by atoms with E-state index in [0.29, 0.717) is 24.6 Å². The highest BCUT2D eigenvalue weighted by Gasteiger charge is 2.25. The number of aromatic nitrogens is 2. The third-order valence-corrected chi connectivity index (χ3v) is 3.69. The first-order valence-electron chi connectivity index (χ1n) is 6.98. The number of hydrogen-bond donors (Lipinski definition) is 1. The summed E-state index contributed by atoms with van der Waals surface area (Å²) in [6.07, 6.45) is 1.64. The number of carboxylic acid groups (broad SMARTS) is 1. The van der Waals surface area contributed by atoms with E-state index < -0.39 is 5.97 Å². The molecule has 1 aliphatic heterocycles. The van der Waals surface area contributed by atoms with E-state index in [1.165, 1.54) is 11.1 Å². The Kier molecular flexibility index (Phi) is 3.33. The van der Waals surface area contributed by atoms with E-state index in [0.717, 1.165) is 0 Å². The molecule has 21 heavy (non-hydrogen) atoms. The number of anilines is 1. The molecule has 0 fully saturated rings. The fourth-order valence-electron chi connectivity index (χ4n) is 2.56. The average Bonchev–Trinajstić information content (AvgIpc) is 2.90. The van der Waals surface area contributed by atoms with Crippen molar-refractivity contribution in [2.75, 3.05) is 4.90 Å². The molecule has 0 amide bonds. The standard InChI is InChI=1S/C16H17N3O2/c1-10(2)15-17-7-13(14(18-15)16(20)21)19-8-11-5-3-4-6-12(11)9-19/h3-7,10H,8-9H2,1-2H3,(H,20,21). The maximum absolute atomic E-state index is 11.5. The molecule has 0 spiro atoms. The highest BCUT2D eigenvalue weighted by Crippen LogP contribution is 2.30. The molecule has 0 bridgehead atoms. The van der Waals surface area contributed by atoms with Crippen molar-refractivity contribution in [3.63, 3.8) is 0 Å². The molecule has 3 rings (SSSR count). The van der Waals surface area contributed by atoms with Gasteiger partial charge in [0.15, 0.2) is 5.69 Å². The zero-order valence-electron chi connectivity index (χ0n) is 12.1. The van der Waals surface area contributed by atoms with Crippen molar-refractivity contribution in [3.05, 3.63) is 53.1 Å². The van der Waals surface area contributed by atoms with Crippen molar-refractivity contribution in [1.29, 1.82) is 0 Å². The first-order chi connectivity index (χ1) is 10.1. The zero-order valence-corrected chi connectivity index (χ0v) is 12.1. The van der Waals surface area contributed by atoms with E-state index in [1.54, 1.807) is 6.20 Å². The van der Waals surface area contributed by atoms with E-state index in [-0.39, 0.29) is 11.6 Å². The van der Waals surface area contributed by atoms with Crippen molar-refractivity contribution in [3.8, 4) is 0 Å². The van der Waals surface area contributed by atoms with Gasteiger partial charge in [-0.05, 0) is 11.1 Å². The Labute approximate surface area is 123 Å². The minimum absolute atomic E-state index is 0.0847. The molecule has 0 saturated carbocycles. The van der Waals surface area contributed by atoms with Gasteiger partial charge in [-0.15, -0.1) is 0 Å². The Balaban J connectivity index is 1.98. The van der Waals surface area contributed by atoms with Gasteiger partial charge in [0.1, 0.15) is 5.82 Å². The van der Waals surface area contributed by atoms with Crippen molar-refractivity contribution in [2.24, 2.45) is 0 Å². The van der Waals surface area contributed by atoms with Crippen LogP contribution in [-0.2, 0) is 13.1 Å². The van der Waals surface area contributed by atoms with Crippen LogP contribution >= 0.6 is 0 Å². The minimum Gasteiger partial charge on any atom is -0.476 e. The summed E-state index contributed by atoms with van der Waals surface area (Å²) in [7, 11) is 0. The van der Waals surface area contributed by atoms with Crippen LogP contribution in [0.15, 0.2) is 30.5 Å². The maximum Gasteiger partial charge on any atom is 0.356 e. The van der Waals surface area contributed by atoms with Crippen LogP contribution in [-0.4, -0.2) is 21.0 Å². The van der Waals surface area contributed by atoms with Gasteiger partial charge in [0.05, 0.1) is 11.9 Å². The number of carbonyl (C=O) groups is 1. The number of fused-ring (bicyclic) bond motifs is 1. The highest BCUT2D eigenvalue weighted by atomic mass is 16.4. The Morgan fingerprint density at radius 1 is 1.24 bits per heavy atom. The van der Waals surface area contributed by atoms with Gasteiger partial charge in [0, 0.05) is 19.0 Å². The lowest BCUT2D eigenvalue weighted by Crippen LogP contribution is -2.20. The summed E-state index contributed by atoms with van der Waals surface area (Å²) in [6, 6.07) is 8.13. The molecule has 1 aliphatic rings. The number of nitrogens with zero attached hydrogens (tertiary/aromatic N) is 3. The number of aromatic carboxylic acids is 1. The van der Waals surface area contributed by atoms with E-state index in [1.807, 2.05) is 30.9 Å². The van der Waals surface area contributed by atoms with Crippen molar-refractivity contribution in [1.82, 2.24) is 9.97 Å². The lowest BCUT2D eigenvalue weighted by molar-refractivity contribution is 0.0690. The number of rotatable bonds is 3. The fraction of sp³-hybridized carbons (Fsp3) is 0.312. The molecule has 0 saturated heterocycles. The molecule has 1 aromatic carbocycles. The predicted octanol–water partition coefficient (Wildman–Crippen LogP) is 2.82. The van der Waals surface area contributed by atoms with Crippen molar-refractivity contribution in [2.45, 2.75) is 32.9 Å². The number of benzene rings is 1. The minimum atomic E-state index is -1.01. The van der Waals surface area contributed by atoms with Crippen LogP contribution < -0.4 is 4.90 Å². The quantitative estimate of drug-likeness (QED) is 0.938. The largest absolute Gasteiger partial charge is 0.476 e. The van der Waals surface area contributed by atoms with Crippen LogP contribution in [0, 0.1) is 0 Å². The molecule has 1 aromatic heterocycles. The summed E-state index contributed by atoms with van der Waals surface area (Å²) >= 11 is 0. The average molecular weight is 283 g/mol. The second-order valence-corrected chi connectivity index (χ2v) is 5.55. The second-order valence-electron chi connectivity index (χ2n) is 5.55. The summed E-state index contributed by atoms with van der Waals surface area (Å²) < 4.78 is 0. The predicted molar refractivity (Wildman–Crippen MR) is 79.4 cm³/mol. The topological polar surface area (TPSA) is 66.3 Å². The van der Waals surface area contributed by atoms with Crippen LogP contribution in [0.1, 0.15) is 47.2 Å². The first-order valence-corrected chi connectivity index (χ1v) is 6.98. The maximum atomic E-state index is 11.5. The van der Waals surface area contributed by atoms with E-state index in [9.17, 15) is 9.90 Å². The molecular formula is C16H17N3O2. The molecule has 2 aromatic rings. The summed E-state index contributed by atoms with van der Waals surface area (Å²) in [5.41, 5.74) is 3.12. The number of carboxylic acids is 1. The molecule has 2 heterocycles. The Hall–Kier alpha value is -2.43. The molecule has 5 heteroatoms. The Bertz CT molecular complexity index is 673. The third-order valence-electron chi connectivity index (χ3n) is 3.69. The molecule has 5 nitrogen and oxygen atoms in total. The summed E-state index contributed by atoms with van der Waals surface area (Å²) in [5.74, 6) is -0.342. The highest BCUT2D eigenvalue weighted by molar-refractivity contribution is 5.92. The van der Waals surface area contributed by atoms with E-state index in [4.69, 9.17) is 0 Å². The summed E-state index contributed by atoms with van der Waals surface area (Å²) in [4.78, 5) is 22.1. The van der Waals surface area contributed by atoms with Gasteiger partial charge in [-0.25, -0.2) is 14.8 Å². The SMILES string of the molecule is CC(C)c1ncc(N2Cc3ccccc3C2)c(C(=O)O)n1. The van der Waals surface area contributed by atoms with Gasteiger partial charge in [-0.3, -0.25) is 0 Å². The van der Waals surface area contributed by atoms with Gasteiger partial charge in [-0.2, -0.15) is 0 Å². The molecule has 1 N–H and O–H groups in total. The van der Waals surface area contributed by atoms with Gasteiger partial charge >= 0.3 is 5.97 Å². The van der Waals surface area contributed by atoms with Crippen molar-refractivity contribution < 1.29 is 9.90 Å². The van der Waals surface area contributed by atoms with Crippen LogP contribution in [0.25, 0.3) is 0 Å². The number of hydrogen-bond acceptors (Lipinski definition) is 4. The lowest BCUT2D eigenvalue weighted by atomic mass is 10.1. The molecule has 0 unspecified atom stereocenters. The molecule has 0 aliphatic carbocycles. The van der Waals surface area contributed by atoms with E-state index in [2.05, 4.69) is 22.1 Å². The van der Waals surface area contributed by atoms with Gasteiger partial charge < -0.3 is 10.0 Å².